The first-order chi connectivity index (χ1) is 15.3. The van der Waals surface area contributed by atoms with Gasteiger partial charge in [-0.3, -0.25) is 24.7 Å². The van der Waals surface area contributed by atoms with Gasteiger partial charge in [-0.15, -0.1) is 0 Å². The molecule has 172 valence electrons. The molecule has 2 aliphatic heterocycles. The second kappa shape index (κ2) is 8.85. The standard InChI is InChI=1S/C22H28FN5O4/c1-15(29)16-5-6-18(17(23)13-16)27-11-9-26(10-12-27)14-19(30)25-28-20(31)22(24-21(28)32)7-3-2-4-8-22/h5-6,13H,2-4,7-12,14H2,1H3,(H,24,32)(H,25,30). The molecule has 2 heterocycles. The summed E-state index contributed by atoms with van der Waals surface area (Å²) < 4.78 is 14.4. The van der Waals surface area contributed by atoms with Gasteiger partial charge in [0.05, 0.1) is 12.2 Å². The maximum atomic E-state index is 14.4. The molecule has 0 unspecified atom stereocenters. The number of hydrogen-bond donors (Lipinski definition) is 2. The Labute approximate surface area is 185 Å². The highest BCUT2D eigenvalue weighted by Gasteiger charge is 2.52. The third-order valence-corrected chi connectivity index (χ3v) is 6.54. The normalized spacial score (nSPS) is 21.1. The first kappa shape index (κ1) is 22.2. The average Bonchev–Trinajstić information content (AvgIpc) is 2.98. The number of imide groups is 1. The van der Waals surface area contributed by atoms with Crippen LogP contribution in [0.15, 0.2) is 18.2 Å². The van der Waals surface area contributed by atoms with Crippen LogP contribution in [0.25, 0.3) is 0 Å². The number of amides is 4. The van der Waals surface area contributed by atoms with Gasteiger partial charge in [0.25, 0.3) is 11.8 Å². The van der Waals surface area contributed by atoms with Crippen molar-refractivity contribution in [3.63, 3.8) is 0 Å². The van der Waals surface area contributed by atoms with E-state index < -0.39 is 23.3 Å². The summed E-state index contributed by atoms with van der Waals surface area (Å²) in [5.74, 6) is -1.46. The van der Waals surface area contributed by atoms with E-state index in [4.69, 9.17) is 0 Å². The highest BCUT2D eigenvalue weighted by atomic mass is 19.1. The van der Waals surface area contributed by atoms with Crippen LogP contribution in [0.3, 0.4) is 0 Å². The highest BCUT2D eigenvalue weighted by Crippen LogP contribution is 2.33. The molecule has 3 fully saturated rings. The Morgan fingerprint density at radius 1 is 1.09 bits per heavy atom. The SMILES string of the molecule is CC(=O)c1ccc(N2CCN(CC(=O)NN3C(=O)NC4(CCCCC4)C3=O)CC2)c(F)c1. The van der Waals surface area contributed by atoms with Crippen LogP contribution in [0.5, 0.6) is 0 Å². The monoisotopic (exact) mass is 445 g/mol. The molecule has 0 atom stereocenters. The van der Waals surface area contributed by atoms with Gasteiger partial charge in [-0.1, -0.05) is 19.3 Å². The lowest BCUT2D eigenvalue weighted by Crippen LogP contribution is -2.54. The van der Waals surface area contributed by atoms with Crippen molar-refractivity contribution < 1.29 is 23.6 Å². The second-order valence-corrected chi connectivity index (χ2v) is 8.73. The van der Waals surface area contributed by atoms with Gasteiger partial charge in [-0.25, -0.2) is 9.18 Å². The Bertz CT molecular complexity index is 938. The molecule has 10 heteroatoms. The summed E-state index contributed by atoms with van der Waals surface area (Å²) in [7, 11) is 0. The summed E-state index contributed by atoms with van der Waals surface area (Å²) in [6, 6.07) is 3.87. The molecule has 1 aromatic rings. The van der Waals surface area contributed by atoms with E-state index in [1.54, 1.807) is 12.1 Å². The minimum atomic E-state index is -0.879. The van der Waals surface area contributed by atoms with Gasteiger partial charge >= 0.3 is 6.03 Å². The number of hydrazine groups is 1. The van der Waals surface area contributed by atoms with Crippen molar-refractivity contribution >= 4 is 29.3 Å². The second-order valence-electron chi connectivity index (χ2n) is 8.73. The number of piperazine rings is 1. The number of nitrogens with one attached hydrogen (secondary N) is 2. The number of halogens is 1. The molecule has 1 saturated carbocycles. The van der Waals surface area contributed by atoms with Crippen molar-refractivity contribution in [2.24, 2.45) is 0 Å². The van der Waals surface area contributed by atoms with Crippen molar-refractivity contribution in [1.29, 1.82) is 0 Å². The molecule has 1 aromatic carbocycles. The van der Waals surface area contributed by atoms with E-state index in [9.17, 15) is 23.6 Å². The number of carbonyl (C=O) groups excluding carboxylic acids is 4. The fourth-order valence-corrected chi connectivity index (χ4v) is 4.71. The zero-order chi connectivity index (χ0) is 22.9. The van der Waals surface area contributed by atoms with Crippen LogP contribution in [0.2, 0.25) is 0 Å². The van der Waals surface area contributed by atoms with E-state index >= 15 is 0 Å². The van der Waals surface area contributed by atoms with Gasteiger partial charge < -0.3 is 10.2 Å². The average molecular weight is 445 g/mol. The van der Waals surface area contributed by atoms with Crippen LogP contribution < -0.4 is 15.6 Å². The largest absolute Gasteiger partial charge is 0.367 e. The molecule has 32 heavy (non-hydrogen) atoms. The topological polar surface area (TPSA) is 102 Å². The molecule has 9 nitrogen and oxygen atoms in total. The fraction of sp³-hybridized carbons (Fsp3) is 0.545. The quantitative estimate of drug-likeness (QED) is 0.525. The van der Waals surface area contributed by atoms with Crippen molar-refractivity contribution in [3.8, 4) is 0 Å². The number of carbonyl (C=O) groups is 4. The molecule has 2 N–H and O–H groups in total. The number of anilines is 1. The maximum Gasteiger partial charge on any atom is 0.344 e. The number of nitrogens with zero attached hydrogens (tertiary/aromatic N) is 3. The van der Waals surface area contributed by atoms with Crippen LogP contribution >= 0.6 is 0 Å². The van der Waals surface area contributed by atoms with E-state index in [2.05, 4.69) is 10.7 Å². The first-order valence-corrected chi connectivity index (χ1v) is 11.0. The van der Waals surface area contributed by atoms with Gasteiger partial charge in [0.2, 0.25) is 0 Å². The lowest BCUT2D eigenvalue weighted by atomic mass is 9.82. The van der Waals surface area contributed by atoms with E-state index in [1.807, 2.05) is 9.80 Å². The van der Waals surface area contributed by atoms with Crippen molar-refractivity contribution in [2.45, 2.75) is 44.6 Å². The molecule has 0 bridgehead atoms. The molecule has 3 aliphatic rings. The zero-order valence-corrected chi connectivity index (χ0v) is 18.2. The lowest BCUT2D eigenvalue weighted by molar-refractivity contribution is -0.140. The Morgan fingerprint density at radius 2 is 1.78 bits per heavy atom. The molecule has 2 saturated heterocycles. The molecule has 0 aromatic heterocycles. The Balaban J connectivity index is 1.29. The third-order valence-electron chi connectivity index (χ3n) is 6.54. The summed E-state index contributed by atoms with van der Waals surface area (Å²) in [5.41, 5.74) is 2.33. The van der Waals surface area contributed by atoms with Crippen molar-refractivity contribution in [3.05, 3.63) is 29.6 Å². The van der Waals surface area contributed by atoms with E-state index in [1.165, 1.54) is 13.0 Å². The van der Waals surface area contributed by atoms with Crippen LogP contribution in [0.1, 0.15) is 49.4 Å². The van der Waals surface area contributed by atoms with E-state index in [-0.39, 0.29) is 18.2 Å². The van der Waals surface area contributed by atoms with Gasteiger partial charge in [-0.2, -0.15) is 5.01 Å². The summed E-state index contributed by atoms with van der Waals surface area (Å²) in [6.45, 7) is 3.48. The Hall–Kier alpha value is -3.01. The summed E-state index contributed by atoms with van der Waals surface area (Å²) >= 11 is 0. The molecule has 1 aliphatic carbocycles. The number of ketones is 1. The molecular weight excluding hydrogens is 417 g/mol. The van der Waals surface area contributed by atoms with Crippen molar-refractivity contribution in [1.82, 2.24) is 20.7 Å². The van der Waals surface area contributed by atoms with Crippen LogP contribution in [0.4, 0.5) is 14.9 Å². The first-order valence-electron chi connectivity index (χ1n) is 11.0. The minimum Gasteiger partial charge on any atom is -0.367 e. The van der Waals surface area contributed by atoms with Crippen LogP contribution in [0, 0.1) is 5.82 Å². The molecule has 4 rings (SSSR count). The smallest absolute Gasteiger partial charge is 0.344 e. The number of benzene rings is 1. The number of hydrogen-bond acceptors (Lipinski definition) is 6. The minimum absolute atomic E-state index is 0.0314. The van der Waals surface area contributed by atoms with Crippen molar-refractivity contribution in [2.75, 3.05) is 37.6 Å². The Kier molecular flexibility index (Phi) is 6.14. The van der Waals surface area contributed by atoms with Crippen LogP contribution in [-0.4, -0.2) is 71.8 Å². The van der Waals surface area contributed by atoms with E-state index in [0.717, 1.165) is 24.3 Å². The summed E-state index contributed by atoms with van der Waals surface area (Å²) in [4.78, 5) is 52.7. The van der Waals surface area contributed by atoms with Crippen LogP contribution in [-0.2, 0) is 9.59 Å². The fourth-order valence-electron chi connectivity index (χ4n) is 4.71. The summed E-state index contributed by atoms with van der Waals surface area (Å²) in [6.07, 6.45) is 3.96. The number of rotatable bonds is 5. The zero-order valence-electron chi connectivity index (χ0n) is 18.2. The predicted octanol–water partition coefficient (Wildman–Crippen LogP) is 1.44. The predicted molar refractivity (Wildman–Crippen MR) is 114 cm³/mol. The van der Waals surface area contributed by atoms with Gasteiger partial charge in [0.1, 0.15) is 11.4 Å². The van der Waals surface area contributed by atoms with E-state index in [0.29, 0.717) is 50.3 Å². The van der Waals surface area contributed by atoms with Gasteiger partial charge in [0, 0.05) is 31.7 Å². The number of Topliss-reactive ketones (excluding diaryl/α,β-unsaturated/α-hetero) is 1. The van der Waals surface area contributed by atoms with Gasteiger partial charge in [-0.05, 0) is 38.0 Å². The highest BCUT2D eigenvalue weighted by molar-refractivity contribution is 6.08. The van der Waals surface area contributed by atoms with Gasteiger partial charge in [0.15, 0.2) is 5.78 Å². The maximum absolute atomic E-state index is 14.4. The molecular formula is C22H28FN5O4. The summed E-state index contributed by atoms with van der Waals surface area (Å²) in [5, 5.41) is 3.58. The third kappa shape index (κ3) is 4.32. The molecule has 4 amide bonds. The number of urea groups is 1. The molecule has 0 radical (unpaired) electrons. The Morgan fingerprint density at radius 3 is 2.41 bits per heavy atom. The molecule has 1 spiro atoms. The lowest BCUT2D eigenvalue weighted by Gasteiger charge is -2.36.